The predicted molar refractivity (Wildman–Crippen MR) is 109 cm³/mol. The first kappa shape index (κ1) is 18.5. The smallest absolute Gasteiger partial charge is 0.241 e. The monoisotopic (exact) mass is 365 g/mol. The van der Waals surface area contributed by atoms with Gasteiger partial charge in [-0.25, -0.2) is 4.90 Å². The van der Waals surface area contributed by atoms with Crippen molar-refractivity contribution in [3.8, 4) is 0 Å². The number of rotatable bonds is 1. The number of anilines is 1. The fourth-order valence-corrected chi connectivity index (χ4v) is 5.35. The Bertz CT molecular complexity index is 867. The van der Waals surface area contributed by atoms with E-state index in [1.165, 1.54) is 4.90 Å². The summed E-state index contributed by atoms with van der Waals surface area (Å²) in [6, 6.07) is 6.33. The van der Waals surface area contributed by atoms with E-state index in [4.69, 9.17) is 0 Å². The fraction of sp³-hybridized carbons (Fsp3) is 0.583. The Balaban J connectivity index is 1.89. The molecule has 1 aromatic carbocycles. The first-order chi connectivity index (χ1) is 12.4. The zero-order valence-electron chi connectivity index (χ0n) is 17.6. The van der Waals surface area contributed by atoms with Gasteiger partial charge in [0.25, 0.3) is 0 Å². The summed E-state index contributed by atoms with van der Waals surface area (Å²) in [5.74, 6) is 0.191. The number of hydrogen-bond donors (Lipinski definition) is 0. The van der Waals surface area contributed by atoms with Gasteiger partial charge in [-0.2, -0.15) is 0 Å². The lowest BCUT2D eigenvalue weighted by atomic mass is 9.71. The highest BCUT2D eigenvalue weighted by atomic mass is 16.2. The van der Waals surface area contributed by atoms with E-state index in [-0.39, 0.29) is 40.4 Å². The zero-order valence-corrected chi connectivity index (χ0v) is 17.6. The summed E-state index contributed by atoms with van der Waals surface area (Å²) in [6.45, 7) is 14.9. The Labute approximate surface area is 162 Å². The lowest BCUT2D eigenvalue weighted by Gasteiger charge is -2.31. The average molecular weight is 366 g/mol. The number of allylic oxidation sites excluding steroid dienone is 2. The number of fused-ring (bicyclic) bond motifs is 5. The molecule has 2 bridgehead atoms. The number of hydrogen-bond acceptors (Lipinski definition) is 2. The van der Waals surface area contributed by atoms with E-state index in [9.17, 15) is 9.59 Å². The molecule has 2 aliphatic carbocycles. The standard InChI is InChI=1S/C24H31NO2/c1-22(2,3)15-10-11-17(23(4,5)6)18(13-15)25-20(26)19-14-8-9-16(12-14)24(19,7)21(25)27/h8-11,13-14,16,19H,12H2,1-7H3/t14-,16+,19+,24+/m1/s1. The second kappa shape index (κ2) is 5.33. The molecular weight excluding hydrogens is 334 g/mol. The minimum absolute atomic E-state index is 0.00379. The molecule has 27 heavy (non-hydrogen) atoms. The highest BCUT2D eigenvalue weighted by molar-refractivity contribution is 6.24. The van der Waals surface area contributed by atoms with Crippen LogP contribution in [0.5, 0.6) is 0 Å². The van der Waals surface area contributed by atoms with E-state index >= 15 is 0 Å². The lowest BCUT2D eigenvalue weighted by Crippen LogP contribution is -2.38. The molecular formula is C24H31NO2. The molecule has 3 nitrogen and oxygen atoms in total. The van der Waals surface area contributed by atoms with Gasteiger partial charge in [-0.3, -0.25) is 9.59 Å². The van der Waals surface area contributed by atoms with Crippen LogP contribution in [0.25, 0.3) is 0 Å². The lowest BCUT2D eigenvalue weighted by molar-refractivity contribution is -0.127. The summed E-state index contributed by atoms with van der Waals surface area (Å²) < 4.78 is 0. The third kappa shape index (κ3) is 2.40. The molecule has 2 amide bonds. The quantitative estimate of drug-likeness (QED) is 0.520. The van der Waals surface area contributed by atoms with Crippen LogP contribution < -0.4 is 4.90 Å². The summed E-state index contributed by atoms with van der Waals surface area (Å²) in [4.78, 5) is 28.7. The van der Waals surface area contributed by atoms with Crippen LogP contribution in [0.2, 0.25) is 0 Å². The molecule has 2 fully saturated rings. The molecule has 0 radical (unpaired) electrons. The normalized spacial score (nSPS) is 32.6. The molecule has 1 heterocycles. The molecule has 144 valence electrons. The van der Waals surface area contributed by atoms with Crippen LogP contribution in [-0.4, -0.2) is 11.8 Å². The number of nitrogens with zero attached hydrogens (tertiary/aromatic N) is 1. The van der Waals surface area contributed by atoms with Gasteiger partial charge in [0.1, 0.15) is 0 Å². The van der Waals surface area contributed by atoms with Crippen molar-refractivity contribution in [2.24, 2.45) is 23.2 Å². The second-order valence-electron chi connectivity index (χ2n) is 10.9. The average Bonchev–Trinajstić information content (AvgIpc) is 3.17. The summed E-state index contributed by atoms with van der Waals surface area (Å²) in [5.41, 5.74) is 2.22. The van der Waals surface area contributed by atoms with Gasteiger partial charge in [0.15, 0.2) is 0 Å². The third-order valence-corrected chi connectivity index (χ3v) is 7.02. The van der Waals surface area contributed by atoms with Gasteiger partial charge in [-0.05, 0) is 53.2 Å². The van der Waals surface area contributed by atoms with Crippen LogP contribution in [-0.2, 0) is 20.4 Å². The summed E-state index contributed by atoms with van der Waals surface area (Å²) in [5, 5.41) is 0. The SMILES string of the molecule is CC(C)(C)c1ccc(C(C)(C)C)c(N2C(=O)[C@@H]3[C@@H]4C=C[C@@H](C4)[C@]3(C)C2=O)c1. The van der Waals surface area contributed by atoms with E-state index in [0.29, 0.717) is 0 Å². The zero-order chi connectivity index (χ0) is 19.9. The summed E-state index contributed by atoms with van der Waals surface area (Å²) in [7, 11) is 0. The van der Waals surface area contributed by atoms with Crippen LogP contribution in [0, 0.1) is 23.2 Å². The number of benzene rings is 1. The van der Waals surface area contributed by atoms with Crippen molar-refractivity contribution in [3.63, 3.8) is 0 Å². The van der Waals surface area contributed by atoms with Crippen molar-refractivity contribution in [2.45, 2.75) is 65.7 Å². The molecule has 3 aliphatic rings. The summed E-state index contributed by atoms with van der Waals surface area (Å²) in [6.07, 6.45) is 5.26. The van der Waals surface area contributed by atoms with Crippen LogP contribution >= 0.6 is 0 Å². The summed E-state index contributed by atoms with van der Waals surface area (Å²) >= 11 is 0. The Kier molecular flexibility index (Phi) is 3.65. The number of amides is 2. The van der Waals surface area contributed by atoms with Crippen LogP contribution in [0.15, 0.2) is 30.4 Å². The van der Waals surface area contributed by atoms with Gasteiger partial charge < -0.3 is 0 Å². The van der Waals surface area contributed by atoms with Crippen molar-refractivity contribution in [3.05, 3.63) is 41.5 Å². The molecule has 0 N–H and O–H groups in total. The van der Waals surface area contributed by atoms with Crippen LogP contribution in [0.3, 0.4) is 0 Å². The van der Waals surface area contributed by atoms with Gasteiger partial charge in [0.05, 0.1) is 17.0 Å². The molecule has 4 atom stereocenters. The number of imide groups is 1. The second-order valence-corrected chi connectivity index (χ2v) is 10.9. The van der Waals surface area contributed by atoms with Crippen LogP contribution in [0.1, 0.15) is 66.0 Å². The molecule has 3 heteroatoms. The largest absolute Gasteiger partial charge is 0.274 e. The van der Waals surface area contributed by atoms with Gasteiger partial charge in [-0.15, -0.1) is 0 Å². The van der Waals surface area contributed by atoms with Crippen molar-refractivity contribution in [1.82, 2.24) is 0 Å². The molecule has 1 aromatic rings. The van der Waals surface area contributed by atoms with Gasteiger partial charge in [0, 0.05) is 0 Å². The molecule has 4 rings (SSSR count). The Hall–Kier alpha value is -1.90. The van der Waals surface area contributed by atoms with E-state index in [1.54, 1.807) is 0 Å². The predicted octanol–water partition coefficient (Wildman–Crippen LogP) is 4.98. The maximum atomic E-state index is 13.6. The minimum atomic E-state index is -0.580. The maximum absolute atomic E-state index is 13.6. The van der Waals surface area contributed by atoms with Crippen molar-refractivity contribution in [2.75, 3.05) is 4.90 Å². The highest BCUT2D eigenvalue weighted by Gasteiger charge is 2.67. The van der Waals surface area contributed by atoms with E-state index in [0.717, 1.165) is 23.2 Å². The first-order valence-electron chi connectivity index (χ1n) is 10.1. The van der Waals surface area contributed by atoms with Crippen molar-refractivity contribution < 1.29 is 9.59 Å². The van der Waals surface area contributed by atoms with E-state index < -0.39 is 5.41 Å². The number of carbonyl (C=O) groups excluding carboxylic acids is 2. The molecule has 0 aromatic heterocycles. The molecule has 1 aliphatic heterocycles. The third-order valence-electron chi connectivity index (χ3n) is 7.02. The Morgan fingerprint density at radius 3 is 2.22 bits per heavy atom. The molecule has 1 saturated heterocycles. The van der Waals surface area contributed by atoms with Gasteiger partial charge >= 0.3 is 0 Å². The first-order valence-corrected chi connectivity index (χ1v) is 10.1. The fourth-order valence-electron chi connectivity index (χ4n) is 5.35. The maximum Gasteiger partial charge on any atom is 0.241 e. The number of carbonyl (C=O) groups is 2. The highest BCUT2D eigenvalue weighted by Crippen LogP contribution is 2.61. The Morgan fingerprint density at radius 1 is 1.00 bits per heavy atom. The van der Waals surface area contributed by atoms with Gasteiger partial charge in [-0.1, -0.05) is 65.8 Å². The van der Waals surface area contributed by atoms with Crippen molar-refractivity contribution in [1.29, 1.82) is 0 Å². The molecule has 0 unspecified atom stereocenters. The molecule has 1 saturated carbocycles. The van der Waals surface area contributed by atoms with E-state index in [1.807, 2.05) is 6.92 Å². The van der Waals surface area contributed by atoms with E-state index in [2.05, 4.69) is 71.9 Å². The van der Waals surface area contributed by atoms with Crippen LogP contribution in [0.4, 0.5) is 5.69 Å². The van der Waals surface area contributed by atoms with Crippen molar-refractivity contribution >= 4 is 17.5 Å². The topological polar surface area (TPSA) is 37.4 Å². The Morgan fingerprint density at radius 2 is 1.67 bits per heavy atom. The van der Waals surface area contributed by atoms with Gasteiger partial charge in [0.2, 0.25) is 11.8 Å². The molecule has 0 spiro atoms. The minimum Gasteiger partial charge on any atom is -0.274 e.